The second-order valence-corrected chi connectivity index (χ2v) is 6.93. The Morgan fingerprint density at radius 3 is 2.44 bits per heavy atom. The van der Waals surface area contributed by atoms with Gasteiger partial charge in [-0.05, 0) is 24.7 Å². The molecule has 2 rings (SSSR count). The molecular formula is C15H30N2O. The first-order valence-electron chi connectivity index (χ1n) is 7.59. The smallest absolute Gasteiger partial charge is 0.0480 e. The van der Waals surface area contributed by atoms with Crippen molar-refractivity contribution >= 4 is 0 Å². The van der Waals surface area contributed by atoms with Crippen molar-refractivity contribution in [3.8, 4) is 0 Å². The molecule has 2 heterocycles. The van der Waals surface area contributed by atoms with Gasteiger partial charge < -0.3 is 10.1 Å². The molecule has 2 aliphatic heterocycles. The van der Waals surface area contributed by atoms with Crippen LogP contribution < -0.4 is 5.32 Å². The summed E-state index contributed by atoms with van der Waals surface area (Å²) >= 11 is 0. The van der Waals surface area contributed by atoms with Crippen LogP contribution in [0.3, 0.4) is 0 Å². The van der Waals surface area contributed by atoms with Crippen LogP contribution in [0.25, 0.3) is 0 Å². The molecule has 2 atom stereocenters. The number of rotatable bonds is 2. The Hall–Kier alpha value is -0.120. The van der Waals surface area contributed by atoms with E-state index in [-0.39, 0.29) is 0 Å². The highest BCUT2D eigenvalue weighted by Crippen LogP contribution is 2.27. The van der Waals surface area contributed by atoms with Gasteiger partial charge in [0.2, 0.25) is 0 Å². The molecule has 0 aromatic carbocycles. The molecule has 2 fully saturated rings. The van der Waals surface area contributed by atoms with Gasteiger partial charge in [0.15, 0.2) is 0 Å². The molecule has 18 heavy (non-hydrogen) atoms. The summed E-state index contributed by atoms with van der Waals surface area (Å²) in [4.78, 5) is 2.77. The van der Waals surface area contributed by atoms with Crippen LogP contribution in [0.15, 0.2) is 0 Å². The molecule has 2 unspecified atom stereocenters. The topological polar surface area (TPSA) is 24.5 Å². The molecule has 0 aromatic heterocycles. The van der Waals surface area contributed by atoms with Gasteiger partial charge in [-0.25, -0.2) is 0 Å². The fraction of sp³-hybridized carbons (Fsp3) is 1.00. The lowest BCUT2D eigenvalue weighted by Crippen LogP contribution is -2.63. The van der Waals surface area contributed by atoms with E-state index in [1.807, 2.05) is 0 Å². The second kappa shape index (κ2) is 5.89. The number of nitrogens with one attached hydrogen (secondary N) is 1. The molecule has 3 nitrogen and oxygen atoms in total. The molecule has 0 saturated carbocycles. The van der Waals surface area contributed by atoms with E-state index < -0.39 is 0 Å². The van der Waals surface area contributed by atoms with Gasteiger partial charge in [0.05, 0.1) is 0 Å². The van der Waals surface area contributed by atoms with Gasteiger partial charge in [0.1, 0.15) is 0 Å². The zero-order valence-corrected chi connectivity index (χ0v) is 12.5. The molecule has 0 aromatic rings. The number of ether oxygens (including phenoxy) is 1. The Morgan fingerprint density at radius 2 is 1.89 bits per heavy atom. The Balaban J connectivity index is 2.02. The maximum atomic E-state index is 5.51. The molecule has 0 aliphatic carbocycles. The zero-order chi connectivity index (χ0) is 13.2. The predicted molar refractivity (Wildman–Crippen MR) is 75.9 cm³/mol. The molecule has 2 saturated heterocycles. The summed E-state index contributed by atoms with van der Waals surface area (Å²) in [6, 6.07) is 2.07. The number of hydrogen-bond donors (Lipinski definition) is 1. The minimum atomic E-state index is 0.349. The average Bonchev–Trinajstić information content (AvgIpc) is 2.38. The Morgan fingerprint density at radius 1 is 1.22 bits per heavy atom. The lowest BCUT2D eigenvalue weighted by Gasteiger charge is -2.48. The van der Waals surface area contributed by atoms with Gasteiger partial charge >= 0.3 is 0 Å². The first-order chi connectivity index (χ1) is 8.52. The highest BCUT2D eigenvalue weighted by atomic mass is 16.5. The highest BCUT2D eigenvalue weighted by Gasteiger charge is 2.36. The van der Waals surface area contributed by atoms with Crippen LogP contribution in [0, 0.1) is 5.41 Å². The molecule has 0 bridgehead atoms. The van der Waals surface area contributed by atoms with E-state index in [9.17, 15) is 0 Å². The standard InChI is InChI=1S/C15H30N2O/c1-5-12-10-16-14(15(2,3)4)11-17(12)13-6-8-18-9-7-13/h12-14,16H,5-11H2,1-4H3. The third-order valence-electron chi connectivity index (χ3n) is 4.64. The monoisotopic (exact) mass is 254 g/mol. The van der Waals surface area contributed by atoms with Crippen molar-refractivity contribution in [2.45, 2.75) is 65.1 Å². The fourth-order valence-corrected chi connectivity index (χ4v) is 3.24. The summed E-state index contributed by atoms with van der Waals surface area (Å²) in [6.07, 6.45) is 3.68. The van der Waals surface area contributed by atoms with E-state index in [2.05, 4.69) is 37.9 Å². The summed E-state index contributed by atoms with van der Waals surface area (Å²) in [5, 5.41) is 3.76. The van der Waals surface area contributed by atoms with Crippen LogP contribution in [0.4, 0.5) is 0 Å². The van der Waals surface area contributed by atoms with Gasteiger partial charge in [-0.2, -0.15) is 0 Å². The van der Waals surface area contributed by atoms with Crippen molar-refractivity contribution in [2.24, 2.45) is 5.41 Å². The first kappa shape index (κ1) is 14.3. The zero-order valence-electron chi connectivity index (χ0n) is 12.5. The summed E-state index contributed by atoms with van der Waals surface area (Å²) in [5.74, 6) is 0. The van der Waals surface area contributed by atoms with Crippen molar-refractivity contribution in [1.29, 1.82) is 0 Å². The van der Waals surface area contributed by atoms with Crippen molar-refractivity contribution < 1.29 is 4.74 Å². The summed E-state index contributed by atoms with van der Waals surface area (Å²) in [5.41, 5.74) is 0.349. The first-order valence-corrected chi connectivity index (χ1v) is 7.59. The van der Waals surface area contributed by atoms with E-state index in [0.717, 1.165) is 25.8 Å². The van der Waals surface area contributed by atoms with E-state index in [1.54, 1.807) is 0 Å². The lowest BCUT2D eigenvalue weighted by atomic mass is 9.83. The minimum absolute atomic E-state index is 0.349. The van der Waals surface area contributed by atoms with Crippen molar-refractivity contribution in [2.75, 3.05) is 26.3 Å². The van der Waals surface area contributed by atoms with Crippen molar-refractivity contribution in [1.82, 2.24) is 10.2 Å². The molecule has 0 spiro atoms. The van der Waals surface area contributed by atoms with E-state index in [0.29, 0.717) is 17.5 Å². The second-order valence-electron chi connectivity index (χ2n) is 6.93. The van der Waals surface area contributed by atoms with Crippen LogP contribution in [-0.2, 0) is 4.74 Å². The normalized spacial score (nSPS) is 32.7. The molecular weight excluding hydrogens is 224 g/mol. The number of hydrogen-bond acceptors (Lipinski definition) is 3. The Bertz CT molecular complexity index is 256. The maximum Gasteiger partial charge on any atom is 0.0480 e. The molecule has 1 N–H and O–H groups in total. The van der Waals surface area contributed by atoms with Gasteiger partial charge in [0, 0.05) is 44.4 Å². The molecule has 0 amide bonds. The third-order valence-corrected chi connectivity index (χ3v) is 4.64. The van der Waals surface area contributed by atoms with Crippen LogP contribution in [0.2, 0.25) is 0 Å². The van der Waals surface area contributed by atoms with Crippen molar-refractivity contribution in [3.63, 3.8) is 0 Å². The Kier molecular flexibility index (Phi) is 4.68. The summed E-state index contributed by atoms with van der Waals surface area (Å²) in [7, 11) is 0. The minimum Gasteiger partial charge on any atom is -0.381 e. The third kappa shape index (κ3) is 3.25. The highest BCUT2D eigenvalue weighted by molar-refractivity contribution is 4.94. The quantitative estimate of drug-likeness (QED) is 0.818. The van der Waals surface area contributed by atoms with Crippen LogP contribution in [0.1, 0.15) is 47.0 Å². The molecule has 2 aliphatic rings. The van der Waals surface area contributed by atoms with E-state index >= 15 is 0 Å². The van der Waals surface area contributed by atoms with Gasteiger partial charge in [-0.15, -0.1) is 0 Å². The molecule has 0 radical (unpaired) electrons. The van der Waals surface area contributed by atoms with Gasteiger partial charge in [-0.1, -0.05) is 27.7 Å². The fourth-order valence-electron chi connectivity index (χ4n) is 3.24. The largest absolute Gasteiger partial charge is 0.381 e. The maximum absolute atomic E-state index is 5.51. The number of piperazine rings is 1. The lowest BCUT2D eigenvalue weighted by molar-refractivity contribution is -0.0116. The molecule has 3 heteroatoms. The van der Waals surface area contributed by atoms with E-state index in [4.69, 9.17) is 4.74 Å². The van der Waals surface area contributed by atoms with Crippen LogP contribution in [-0.4, -0.2) is 49.3 Å². The van der Waals surface area contributed by atoms with E-state index in [1.165, 1.54) is 25.8 Å². The SMILES string of the molecule is CCC1CNC(C(C)(C)C)CN1C1CCOCC1. The van der Waals surface area contributed by atoms with Crippen LogP contribution >= 0.6 is 0 Å². The average molecular weight is 254 g/mol. The van der Waals surface area contributed by atoms with Gasteiger partial charge in [-0.3, -0.25) is 4.90 Å². The van der Waals surface area contributed by atoms with Crippen molar-refractivity contribution in [3.05, 3.63) is 0 Å². The number of nitrogens with zero attached hydrogens (tertiary/aromatic N) is 1. The molecule has 106 valence electrons. The predicted octanol–water partition coefficient (Wildman–Crippen LogP) is 2.26. The van der Waals surface area contributed by atoms with Crippen LogP contribution in [0.5, 0.6) is 0 Å². The van der Waals surface area contributed by atoms with Gasteiger partial charge in [0.25, 0.3) is 0 Å². The Labute approximate surface area is 112 Å². The summed E-state index contributed by atoms with van der Waals surface area (Å²) < 4.78 is 5.51. The summed E-state index contributed by atoms with van der Waals surface area (Å²) in [6.45, 7) is 13.6.